The number of hydrogen-bond acceptors (Lipinski definition) is 3. The van der Waals surface area contributed by atoms with Crippen molar-refractivity contribution < 1.29 is 14.6 Å². The maximum absolute atomic E-state index is 11.4. The van der Waals surface area contributed by atoms with Gasteiger partial charge in [0.05, 0.1) is 6.61 Å². The van der Waals surface area contributed by atoms with Gasteiger partial charge < -0.3 is 9.84 Å². The largest absolute Gasteiger partial charge is 0.466 e. The van der Waals surface area contributed by atoms with E-state index in [1.165, 1.54) is 148 Å². The minimum Gasteiger partial charge on any atom is -0.466 e. The molecule has 0 spiro atoms. The van der Waals surface area contributed by atoms with Crippen molar-refractivity contribution in [1.29, 1.82) is 0 Å². The Morgan fingerprint density at radius 3 is 1.05 bits per heavy atom. The van der Waals surface area contributed by atoms with Crippen LogP contribution < -0.4 is 0 Å². The summed E-state index contributed by atoms with van der Waals surface area (Å²) in [5.74, 6) is -0.00172. The highest BCUT2D eigenvalue weighted by Gasteiger charge is 2.02. The zero-order valence-electron chi connectivity index (χ0n) is 26.0. The zero-order valence-corrected chi connectivity index (χ0v) is 26.0. The Labute approximate surface area is 234 Å². The van der Waals surface area contributed by atoms with Gasteiger partial charge in [0.15, 0.2) is 0 Å². The van der Waals surface area contributed by atoms with Crippen molar-refractivity contribution in [2.45, 2.75) is 201 Å². The van der Waals surface area contributed by atoms with Crippen LogP contribution in [0.5, 0.6) is 0 Å². The van der Waals surface area contributed by atoms with E-state index in [2.05, 4.69) is 20.8 Å². The number of carbonyl (C=O) groups excluding carboxylic acids is 1. The van der Waals surface area contributed by atoms with Crippen molar-refractivity contribution in [3.05, 3.63) is 0 Å². The molecule has 3 heteroatoms. The highest BCUT2D eigenvalue weighted by Crippen LogP contribution is 2.14. The standard InChI is InChI=1S/C22H44O2.C12H26O/c1-3-5-7-8-9-10-11-12-13-14-15-16-17-18-19-20-22(23)24-21-6-4-2;1-2-3-4-5-6-7-8-9-10-11-12-13/h3-21H2,1-2H3;13H,2-12H2,1H3. The van der Waals surface area contributed by atoms with Gasteiger partial charge in [0.25, 0.3) is 0 Å². The summed E-state index contributed by atoms with van der Waals surface area (Å²) in [6, 6.07) is 0. The summed E-state index contributed by atoms with van der Waals surface area (Å²) < 4.78 is 5.16. The number of unbranched alkanes of at least 4 members (excludes halogenated alkanes) is 24. The van der Waals surface area contributed by atoms with Crippen LogP contribution in [-0.4, -0.2) is 24.3 Å². The molecule has 0 aromatic heterocycles. The first kappa shape index (κ1) is 38.6. The molecular weight excluding hydrogens is 456 g/mol. The minimum atomic E-state index is -0.00172. The third kappa shape index (κ3) is 40.1. The molecule has 0 fully saturated rings. The lowest BCUT2D eigenvalue weighted by Crippen LogP contribution is -2.05. The van der Waals surface area contributed by atoms with Crippen LogP contribution in [0.15, 0.2) is 0 Å². The number of esters is 1. The number of aliphatic hydroxyl groups is 1. The molecule has 0 aliphatic carbocycles. The Morgan fingerprint density at radius 2 is 0.730 bits per heavy atom. The molecule has 1 N–H and O–H groups in total. The molecule has 0 amide bonds. The van der Waals surface area contributed by atoms with Gasteiger partial charge in [-0.05, 0) is 19.3 Å². The van der Waals surface area contributed by atoms with Crippen molar-refractivity contribution in [1.82, 2.24) is 0 Å². The maximum Gasteiger partial charge on any atom is 0.305 e. The van der Waals surface area contributed by atoms with Crippen LogP contribution >= 0.6 is 0 Å². The molecule has 0 aromatic rings. The second-order valence-electron chi connectivity index (χ2n) is 11.2. The Hall–Kier alpha value is -0.570. The summed E-state index contributed by atoms with van der Waals surface area (Å²) >= 11 is 0. The molecule has 0 unspecified atom stereocenters. The molecule has 0 radical (unpaired) electrons. The molecule has 37 heavy (non-hydrogen) atoms. The first-order chi connectivity index (χ1) is 18.2. The predicted octanol–water partition coefficient (Wildman–Crippen LogP) is 11.5. The molecule has 0 saturated heterocycles. The van der Waals surface area contributed by atoms with Crippen molar-refractivity contribution in [2.75, 3.05) is 13.2 Å². The normalized spacial score (nSPS) is 10.8. The van der Waals surface area contributed by atoms with E-state index < -0.39 is 0 Å². The van der Waals surface area contributed by atoms with Crippen molar-refractivity contribution in [3.8, 4) is 0 Å². The van der Waals surface area contributed by atoms with Crippen LogP contribution in [0.2, 0.25) is 0 Å². The summed E-state index contributed by atoms with van der Waals surface area (Å²) in [7, 11) is 0. The van der Waals surface area contributed by atoms with Gasteiger partial charge in [-0.3, -0.25) is 4.79 Å². The zero-order chi connectivity index (χ0) is 27.5. The Morgan fingerprint density at radius 1 is 0.432 bits per heavy atom. The van der Waals surface area contributed by atoms with Crippen LogP contribution in [0.1, 0.15) is 201 Å². The topological polar surface area (TPSA) is 46.5 Å². The Kier molecular flexibility index (Phi) is 39.2. The highest BCUT2D eigenvalue weighted by molar-refractivity contribution is 5.69. The first-order valence-electron chi connectivity index (χ1n) is 17.0. The van der Waals surface area contributed by atoms with E-state index >= 15 is 0 Å². The second kappa shape index (κ2) is 37.6. The van der Waals surface area contributed by atoms with Gasteiger partial charge in [-0.1, -0.05) is 175 Å². The Balaban J connectivity index is 0. The van der Waals surface area contributed by atoms with Crippen LogP contribution in [0, 0.1) is 0 Å². The fourth-order valence-electron chi connectivity index (χ4n) is 4.64. The van der Waals surface area contributed by atoms with E-state index in [9.17, 15) is 4.79 Å². The molecule has 0 rings (SSSR count). The molecule has 0 aromatic carbocycles. The summed E-state index contributed by atoms with van der Waals surface area (Å²) in [5.41, 5.74) is 0. The first-order valence-corrected chi connectivity index (χ1v) is 17.0. The van der Waals surface area contributed by atoms with Gasteiger partial charge in [0.1, 0.15) is 0 Å². The number of ether oxygens (including phenoxy) is 1. The van der Waals surface area contributed by atoms with Crippen LogP contribution in [-0.2, 0) is 9.53 Å². The van der Waals surface area contributed by atoms with E-state index in [4.69, 9.17) is 9.84 Å². The van der Waals surface area contributed by atoms with Gasteiger partial charge in [-0.2, -0.15) is 0 Å². The fourth-order valence-corrected chi connectivity index (χ4v) is 4.64. The summed E-state index contributed by atoms with van der Waals surface area (Å²) in [6.07, 6.45) is 36.4. The van der Waals surface area contributed by atoms with Crippen LogP contribution in [0.4, 0.5) is 0 Å². The molecule has 0 aliphatic heterocycles. The Bertz CT molecular complexity index is 387. The molecule has 0 bridgehead atoms. The average molecular weight is 527 g/mol. The SMILES string of the molecule is CCCCCCCCCCCCCCCCCC(=O)OCCCC.CCCCCCCCCCCCO. The van der Waals surface area contributed by atoms with Crippen LogP contribution in [0.25, 0.3) is 0 Å². The molecular formula is C34H70O3. The van der Waals surface area contributed by atoms with Gasteiger partial charge in [-0.15, -0.1) is 0 Å². The van der Waals surface area contributed by atoms with Crippen molar-refractivity contribution >= 4 is 5.97 Å². The lowest BCUT2D eigenvalue weighted by Gasteiger charge is -2.04. The van der Waals surface area contributed by atoms with E-state index in [0.29, 0.717) is 19.6 Å². The summed E-state index contributed by atoms with van der Waals surface area (Å²) in [4.78, 5) is 11.4. The average Bonchev–Trinajstić information content (AvgIpc) is 2.90. The van der Waals surface area contributed by atoms with E-state index in [-0.39, 0.29) is 5.97 Å². The molecule has 0 heterocycles. The van der Waals surface area contributed by atoms with Gasteiger partial charge in [0.2, 0.25) is 0 Å². The monoisotopic (exact) mass is 527 g/mol. The summed E-state index contributed by atoms with van der Waals surface area (Å²) in [6.45, 7) is 7.63. The second-order valence-corrected chi connectivity index (χ2v) is 11.2. The third-order valence-electron chi connectivity index (χ3n) is 7.26. The fraction of sp³-hybridized carbons (Fsp3) is 0.971. The van der Waals surface area contributed by atoms with Gasteiger partial charge in [-0.25, -0.2) is 0 Å². The molecule has 3 nitrogen and oxygen atoms in total. The smallest absolute Gasteiger partial charge is 0.305 e. The maximum atomic E-state index is 11.4. The van der Waals surface area contributed by atoms with E-state index in [0.717, 1.165) is 25.7 Å². The number of aliphatic hydroxyl groups excluding tert-OH is 1. The molecule has 224 valence electrons. The van der Waals surface area contributed by atoms with E-state index in [1.54, 1.807) is 0 Å². The van der Waals surface area contributed by atoms with Gasteiger partial charge in [0, 0.05) is 13.0 Å². The molecule has 0 aliphatic rings. The number of rotatable bonds is 29. The lowest BCUT2D eigenvalue weighted by molar-refractivity contribution is -0.143. The van der Waals surface area contributed by atoms with E-state index in [1.807, 2.05) is 0 Å². The van der Waals surface area contributed by atoms with Crippen molar-refractivity contribution in [3.63, 3.8) is 0 Å². The summed E-state index contributed by atoms with van der Waals surface area (Å²) in [5, 5.41) is 8.57. The predicted molar refractivity (Wildman–Crippen MR) is 164 cm³/mol. The van der Waals surface area contributed by atoms with Crippen LogP contribution in [0.3, 0.4) is 0 Å². The quantitative estimate of drug-likeness (QED) is 0.0778. The van der Waals surface area contributed by atoms with Gasteiger partial charge >= 0.3 is 5.97 Å². The molecule has 0 saturated carbocycles. The number of carbonyl (C=O) groups is 1. The lowest BCUT2D eigenvalue weighted by atomic mass is 10.0. The van der Waals surface area contributed by atoms with Crippen molar-refractivity contribution in [2.24, 2.45) is 0 Å². The minimum absolute atomic E-state index is 0.00172. The molecule has 0 atom stereocenters. The number of hydrogen-bond donors (Lipinski definition) is 1. The highest BCUT2D eigenvalue weighted by atomic mass is 16.5. The third-order valence-corrected chi connectivity index (χ3v) is 7.26.